The van der Waals surface area contributed by atoms with Crippen LogP contribution in [0.4, 0.5) is 0 Å². The van der Waals surface area contributed by atoms with Gasteiger partial charge in [-0.25, -0.2) is 0 Å². The summed E-state index contributed by atoms with van der Waals surface area (Å²) in [5.74, 6) is 4.56. The molecule has 0 unspecified atom stereocenters. The molecule has 6 nitrogen and oxygen atoms in total. The maximum Gasteiger partial charge on any atom is 0.244 e. The maximum absolute atomic E-state index is 9.99. The molecule has 0 spiro atoms. The number of β-amino-alcohol motifs (C(OH)–C–C–N with tert-alkyl or cyclic N) is 1. The van der Waals surface area contributed by atoms with E-state index in [2.05, 4.69) is 28.0 Å². The molecule has 3 heterocycles. The summed E-state index contributed by atoms with van der Waals surface area (Å²) in [6.45, 7) is 5.31. The third-order valence-electron chi connectivity index (χ3n) is 4.73. The van der Waals surface area contributed by atoms with E-state index in [1.807, 2.05) is 6.07 Å². The van der Waals surface area contributed by atoms with E-state index >= 15 is 0 Å². The lowest BCUT2D eigenvalue weighted by atomic mass is 10.2. The van der Waals surface area contributed by atoms with Gasteiger partial charge in [-0.05, 0) is 37.8 Å². The predicted molar refractivity (Wildman–Crippen MR) is 78.0 cm³/mol. The number of hydrogen-bond acceptors (Lipinski definition) is 6. The fraction of sp³-hybridized carbons (Fsp3) is 0.625. The number of rotatable bonds is 4. The van der Waals surface area contributed by atoms with Gasteiger partial charge < -0.3 is 14.0 Å². The van der Waals surface area contributed by atoms with Crippen LogP contribution in [0.5, 0.6) is 0 Å². The van der Waals surface area contributed by atoms with Crippen molar-refractivity contribution < 1.29 is 14.0 Å². The second kappa shape index (κ2) is 5.21. The molecule has 0 aromatic carbocycles. The van der Waals surface area contributed by atoms with Gasteiger partial charge in [0, 0.05) is 12.5 Å². The third-order valence-corrected chi connectivity index (χ3v) is 4.73. The van der Waals surface area contributed by atoms with Crippen LogP contribution >= 0.6 is 0 Å². The Bertz CT molecular complexity index is 665. The number of aliphatic hydroxyl groups excluding tert-OH is 1. The minimum atomic E-state index is -0.366. The van der Waals surface area contributed by atoms with Crippen molar-refractivity contribution in [3.05, 3.63) is 35.4 Å². The van der Waals surface area contributed by atoms with Crippen LogP contribution in [0.2, 0.25) is 0 Å². The number of likely N-dealkylation sites (tertiary alicyclic amines) is 1. The molecule has 22 heavy (non-hydrogen) atoms. The van der Waals surface area contributed by atoms with E-state index in [-0.39, 0.29) is 12.1 Å². The van der Waals surface area contributed by atoms with E-state index in [1.54, 1.807) is 6.92 Å². The number of furan rings is 1. The summed E-state index contributed by atoms with van der Waals surface area (Å²) in [5, 5.41) is 13.8. The molecule has 2 fully saturated rings. The minimum absolute atomic E-state index is 0.0374. The Kier molecular flexibility index (Phi) is 3.31. The number of hydrogen-bond donors (Lipinski definition) is 1. The Hall–Kier alpha value is -1.66. The quantitative estimate of drug-likeness (QED) is 0.934. The summed E-state index contributed by atoms with van der Waals surface area (Å²) < 4.78 is 11.3. The molecule has 1 saturated heterocycles. The first-order chi connectivity index (χ1) is 10.6. The molecule has 1 N–H and O–H groups in total. The molecule has 2 aromatic heterocycles. The maximum atomic E-state index is 9.99. The van der Waals surface area contributed by atoms with Crippen molar-refractivity contribution in [3.8, 4) is 0 Å². The first-order valence-electron chi connectivity index (χ1n) is 7.91. The Morgan fingerprint density at radius 3 is 2.86 bits per heavy atom. The SMILES string of the molecule is Cc1noc([C@H]2C[C@H](O)CN2Cc2ccc([C@H]3C[C@@H]3C)o2)n1. The molecule has 0 amide bonds. The van der Waals surface area contributed by atoms with E-state index in [4.69, 9.17) is 8.94 Å². The molecule has 0 radical (unpaired) electrons. The smallest absolute Gasteiger partial charge is 0.244 e. The van der Waals surface area contributed by atoms with Crippen LogP contribution in [0.3, 0.4) is 0 Å². The van der Waals surface area contributed by atoms with Gasteiger partial charge in [-0.3, -0.25) is 4.90 Å². The summed E-state index contributed by atoms with van der Waals surface area (Å²) in [7, 11) is 0. The van der Waals surface area contributed by atoms with Crippen LogP contribution in [0.1, 0.15) is 55.0 Å². The van der Waals surface area contributed by atoms with Gasteiger partial charge in [-0.15, -0.1) is 0 Å². The van der Waals surface area contributed by atoms with Gasteiger partial charge in [-0.2, -0.15) is 4.98 Å². The number of aliphatic hydroxyl groups is 1. The van der Waals surface area contributed by atoms with Crippen LogP contribution in [0.25, 0.3) is 0 Å². The molecule has 1 aliphatic heterocycles. The van der Waals surface area contributed by atoms with Crippen LogP contribution < -0.4 is 0 Å². The van der Waals surface area contributed by atoms with Crippen molar-refractivity contribution in [2.45, 2.75) is 51.3 Å². The highest BCUT2D eigenvalue weighted by atomic mass is 16.5. The number of nitrogens with zero attached hydrogens (tertiary/aromatic N) is 3. The highest BCUT2D eigenvalue weighted by Crippen LogP contribution is 2.47. The summed E-state index contributed by atoms with van der Waals surface area (Å²) in [4.78, 5) is 6.46. The van der Waals surface area contributed by atoms with Crippen molar-refractivity contribution in [2.24, 2.45) is 5.92 Å². The van der Waals surface area contributed by atoms with E-state index in [0.717, 1.165) is 17.4 Å². The van der Waals surface area contributed by atoms with Gasteiger partial charge in [-0.1, -0.05) is 12.1 Å². The monoisotopic (exact) mass is 303 g/mol. The highest BCUT2D eigenvalue weighted by Gasteiger charge is 2.38. The lowest BCUT2D eigenvalue weighted by Crippen LogP contribution is -2.24. The lowest BCUT2D eigenvalue weighted by molar-refractivity contribution is 0.162. The molecule has 2 aromatic rings. The van der Waals surface area contributed by atoms with Gasteiger partial charge in [0.25, 0.3) is 0 Å². The first-order valence-corrected chi connectivity index (χ1v) is 7.91. The predicted octanol–water partition coefficient (Wildman–Crippen LogP) is 2.40. The molecular formula is C16H21N3O3. The topological polar surface area (TPSA) is 75.5 Å². The van der Waals surface area contributed by atoms with Gasteiger partial charge in [0.15, 0.2) is 5.82 Å². The number of aromatic nitrogens is 2. The summed E-state index contributed by atoms with van der Waals surface area (Å²) in [5.41, 5.74) is 0. The standard InChI is InChI=1S/C16H21N3O3/c1-9-5-13(9)15-4-3-12(21-15)8-19-7-11(20)6-14(19)16-17-10(2)18-22-16/h3-4,9,11,13-14,20H,5-8H2,1-2H3/t9-,11-,13-,14+/m0/s1. The summed E-state index contributed by atoms with van der Waals surface area (Å²) in [6, 6.07) is 4.09. The van der Waals surface area contributed by atoms with E-state index in [0.29, 0.717) is 37.1 Å². The van der Waals surface area contributed by atoms with E-state index in [1.165, 1.54) is 6.42 Å². The second-order valence-electron chi connectivity index (χ2n) is 6.64. The molecule has 6 heteroatoms. The van der Waals surface area contributed by atoms with Crippen molar-refractivity contribution in [2.75, 3.05) is 6.54 Å². The van der Waals surface area contributed by atoms with Crippen LogP contribution in [0.15, 0.2) is 21.1 Å². The molecule has 0 bridgehead atoms. The molecule has 1 saturated carbocycles. The van der Waals surface area contributed by atoms with Crippen molar-refractivity contribution in [1.29, 1.82) is 0 Å². The van der Waals surface area contributed by atoms with Crippen molar-refractivity contribution >= 4 is 0 Å². The molecule has 4 rings (SSSR count). The second-order valence-corrected chi connectivity index (χ2v) is 6.64. The Morgan fingerprint density at radius 1 is 1.36 bits per heavy atom. The molecular weight excluding hydrogens is 282 g/mol. The average molecular weight is 303 g/mol. The number of aryl methyl sites for hydroxylation is 1. The Labute approximate surface area is 129 Å². The van der Waals surface area contributed by atoms with Crippen LogP contribution in [-0.4, -0.2) is 32.8 Å². The Balaban J connectivity index is 1.49. The van der Waals surface area contributed by atoms with Gasteiger partial charge >= 0.3 is 0 Å². The highest BCUT2D eigenvalue weighted by molar-refractivity contribution is 5.18. The zero-order valence-corrected chi connectivity index (χ0v) is 12.9. The van der Waals surface area contributed by atoms with Gasteiger partial charge in [0.1, 0.15) is 11.5 Å². The molecule has 1 aliphatic carbocycles. The first kappa shape index (κ1) is 14.0. The van der Waals surface area contributed by atoms with Gasteiger partial charge in [0.05, 0.1) is 18.7 Å². The van der Waals surface area contributed by atoms with Gasteiger partial charge in [0.2, 0.25) is 5.89 Å². The van der Waals surface area contributed by atoms with Crippen LogP contribution in [0, 0.1) is 12.8 Å². The average Bonchev–Trinajstić information content (AvgIpc) is 2.89. The third kappa shape index (κ3) is 2.57. The van der Waals surface area contributed by atoms with Crippen molar-refractivity contribution in [3.63, 3.8) is 0 Å². The fourth-order valence-electron chi connectivity index (χ4n) is 3.36. The molecule has 2 aliphatic rings. The zero-order valence-electron chi connectivity index (χ0n) is 12.9. The summed E-state index contributed by atoms with van der Waals surface area (Å²) >= 11 is 0. The summed E-state index contributed by atoms with van der Waals surface area (Å²) in [6.07, 6.45) is 1.48. The molecule has 4 atom stereocenters. The normalized spacial score (nSPS) is 31.8. The van der Waals surface area contributed by atoms with E-state index < -0.39 is 0 Å². The van der Waals surface area contributed by atoms with E-state index in [9.17, 15) is 5.11 Å². The van der Waals surface area contributed by atoms with Crippen LogP contribution in [-0.2, 0) is 6.54 Å². The fourth-order valence-corrected chi connectivity index (χ4v) is 3.36. The van der Waals surface area contributed by atoms with Crippen molar-refractivity contribution in [1.82, 2.24) is 15.0 Å². The molecule has 118 valence electrons. The lowest BCUT2D eigenvalue weighted by Gasteiger charge is -2.19. The largest absolute Gasteiger partial charge is 0.464 e. The Morgan fingerprint density at radius 2 is 2.18 bits per heavy atom. The minimum Gasteiger partial charge on any atom is -0.464 e. The zero-order chi connectivity index (χ0) is 15.3.